The number of hydrogen-bond donors (Lipinski definition) is 0. The van der Waals surface area contributed by atoms with Crippen LogP contribution >= 0.6 is 22.6 Å². The van der Waals surface area contributed by atoms with Crippen LogP contribution in [0.4, 0.5) is 11.5 Å². The molecule has 8 heteroatoms. The van der Waals surface area contributed by atoms with Crippen molar-refractivity contribution >= 4 is 40.0 Å². The second-order valence-electron chi connectivity index (χ2n) is 6.66. The molecule has 142 valence electrons. The molecule has 2 aliphatic heterocycles. The highest BCUT2D eigenvalue weighted by molar-refractivity contribution is 14.1. The quantitative estimate of drug-likeness (QED) is 0.627. The van der Waals surface area contributed by atoms with Gasteiger partial charge in [-0.3, -0.25) is 4.79 Å². The van der Waals surface area contributed by atoms with Crippen LogP contribution in [0.3, 0.4) is 0 Å². The van der Waals surface area contributed by atoms with Crippen LogP contribution in [0.25, 0.3) is 0 Å². The van der Waals surface area contributed by atoms with E-state index in [1.807, 2.05) is 35.4 Å². The van der Waals surface area contributed by atoms with Gasteiger partial charge in [0, 0.05) is 54.5 Å². The third-order valence-electron chi connectivity index (χ3n) is 4.99. The van der Waals surface area contributed by atoms with E-state index in [9.17, 15) is 4.79 Å². The van der Waals surface area contributed by atoms with Crippen molar-refractivity contribution in [1.82, 2.24) is 15.1 Å². The number of carbonyl (C=O) groups is 1. The normalized spacial score (nSPS) is 17.9. The summed E-state index contributed by atoms with van der Waals surface area (Å²) in [5, 5.41) is 8.50. The Kier molecular flexibility index (Phi) is 5.72. The van der Waals surface area contributed by atoms with E-state index >= 15 is 0 Å². The van der Waals surface area contributed by atoms with E-state index in [-0.39, 0.29) is 5.91 Å². The molecule has 0 bridgehead atoms. The van der Waals surface area contributed by atoms with Crippen molar-refractivity contribution in [3.05, 3.63) is 45.7 Å². The zero-order valence-corrected chi connectivity index (χ0v) is 17.2. The number of aromatic nitrogens is 2. The molecule has 1 aromatic heterocycles. The molecule has 0 aliphatic carbocycles. The Morgan fingerprint density at radius 2 is 1.67 bits per heavy atom. The zero-order chi connectivity index (χ0) is 18.6. The first-order valence-electron chi connectivity index (χ1n) is 9.16. The Bertz CT molecular complexity index is 787. The molecule has 0 spiro atoms. The van der Waals surface area contributed by atoms with Crippen LogP contribution in [0, 0.1) is 3.57 Å². The predicted octanol–water partition coefficient (Wildman–Crippen LogP) is 1.88. The van der Waals surface area contributed by atoms with Crippen LogP contribution in [-0.4, -0.2) is 73.5 Å². The van der Waals surface area contributed by atoms with Gasteiger partial charge >= 0.3 is 0 Å². The van der Waals surface area contributed by atoms with Crippen molar-refractivity contribution in [1.29, 1.82) is 0 Å². The number of benzene rings is 1. The molecule has 1 aromatic carbocycles. The minimum absolute atomic E-state index is 0.0965. The Labute approximate surface area is 172 Å². The third kappa shape index (κ3) is 4.32. The number of hydrogen-bond acceptors (Lipinski definition) is 6. The molecule has 0 radical (unpaired) electrons. The van der Waals surface area contributed by atoms with E-state index in [0.717, 1.165) is 60.0 Å². The number of anilines is 2. The van der Waals surface area contributed by atoms with E-state index in [4.69, 9.17) is 4.74 Å². The fourth-order valence-electron chi connectivity index (χ4n) is 3.41. The maximum Gasteiger partial charge on any atom is 0.253 e. The lowest BCUT2D eigenvalue weighted by molar-refractivity contribution is 0.0746. The minimum Gasteiger partial charge on any atom is -0.378 e. The van der Waals surface area contributed by atoms with Crippen molar-refractivity contribution in [2.45, 2.75) is 0 Å². The molecule has 2 saturated heterocycles. The van der Waals surface area contributed by atoms with Crippen molar-refractivity contribution in [2.24, 2.45) is 0 Å². The SMILES string of the molecule is O=C(c1ccc(I)cc1)N1CCN(c2cc(N3CCOCC3)cnn2)CC1. The van der Waals surface area contributed by atoms with Crippen LogP contribution in [0.5, 0.6) is 0 Å². The first-order chi connectivity index (χ1) is 13.2. The number of amides is 1. The summed E-state index contributed by atoms with van der Waals surface area (Å²) in [6.45, 7) is 6.15. The Morgan fingerprint density at radius 1 is 0.963 bits per heavy atom. The van der Waals surface area contributed by atoms with E-state index in [2.05, 4.69) is 48.7 Å². The average molecular weight is 479 g/mol. The second-order valence-corrected chi connectivity index (χ2v) is 7.90. The van der Waals surface area contributed by atoms with Crippen LogP contribution in [0.2, 0.25) is 0 Å². The Balaban J connectivity index is 1.39. The maximum atomic E-state index is 12.7. The smallest absolute Gasteiger partial charge is 0.253 e. The van der Waals surface area contributed by atoms with Gasteiger partial charge in [-0.15, -0.1) is 5.10 Å². The highest BCUT2D eigenvalue weighted by atomic mass is 127. The fourth-order valence-corrected chi connectivity index (χ4v) is 3.77. The van der Waals surface area contributed by atoms with Crippen LogP contribution in [-0.2, 0) is 4.74 Å². The highest BCUT2D eigenvalue weighted by Gasteiger charge is 2.23. The predicted molar refractivity (Wildman–Crippen MR) is 112 cm³/mol. The summed E-state index contributed by atoms with van der Waals surface area (Å²) in [5.74, 6) is 0.972. The van der Waals surface area contributed by atoms with Gasteiger partial charge < -0.3 is 19.4 Å². The van der Waals surface area contributed by atoms with Crippen molar-refractivity contribution in [3.63, 3.8) is 0 Å². The topological polar surface area (TPSA) is 61.8 Å². The summed E-state index contributed by atoms with van der Waals surface area (Å²) < 4.78 is 6.55. The molecule has 27 heavy (non-hydrogen) atoms. The molecule has 4 rings (SSSR count). The summed E-state index contributed by atoms with van der Waals surface area (Å²) in [6, 6.07) is 9.82. The average Bonchev–Trinajstić information content (AvgIpc) is 2.75. The number of ether oxygens (including phenoxy) is 1. The van der Waals surface area contributed by atoms with Crippen molar-refractivity contribution < 1.29 is 9.53 Å². The molecule has 0 N–H and O–H groups in total. The molecule has 1 amide bonds. The van der Waals surface area contributed by atoms with Gasteiger partial charge in [0.2, 0.25) is 0 Å². The second kappa shape index (κ2) is 8.39. The number of morpholine rings is 1. The summed E-state index contributed by atoms with van der Waals surface area (Å²) >= 11 is 2.25. The van der Waals surface area contributed by atoms with Crippen molar-refractivity contribution in [3.8, 4) is 0 Å². The Hall–Kier alpha value is -1.94. The van der Waals surface area contributed by atoms with E-state index in [1.165, 1.54) is 0 Å². The highest BCUT2D eigenvalue weighted by Crippen LogP contribution is 2.21. The van der Waals surface area contributed by atoms with Gasteiger partial charge in [-0.25, -0.2) is 0 Å². The van der Waals surface area contributed by atoms with E-state index < -0.39 is 0 Å². The standard InChI is InChI=1S/C19H22IN5O2/c20-16-3-1-15(2-4-16)19(26)25-7-5-24(6-8-25)18-13-17(14-21-22-18)23-9-11-27-12-10-23/h1-4,13-14H,5-12H2. The first kappa shape index (κ1) is 18.4. The monoisotopic (exact) mass is 479 g/mol. The largest absolute Gasteiger partial charge is 0.378 e. The van der Waals surface area contributed by atoms with Gasteiger partial charge in [0.25, 0.3) is 5.91 Å². The fraction of sp³-hybridized carbons (Fsp3) is 0.421. The van der Waals surface area contributed by atoms with Crippen LogP contribution in [0.15, 0.2) is 36.5 Å². The lowest BCUT2D eigenvalue weighted by atomic mass is 10.2. The molecule has 0 saturated carbocycles. The summed E-state index contributed by atoms with van der Waals surface area (Å²) in [5.41, 5.74) is 1.83. The molecule has 2 aliphatic rings. The molecule has 7 nitrogen and oxygen atoms in total. The third-order valence-corrected chi connectivity index (χ3v) is 5.70. The number of halogens is 1. The van der Waals surface area contributed by atoms with Gasteiger partial charge in [0.05, 0.1) is 25.1 Å². The van der Waals surface area contributed by atoms with Gasteiger partial charge in [0.1, 0.15) is 0 Å². The molecule has 0 atom stereocenters. The minimum atomic E-state index is 0.0965. The molecule has 0 unspecified atom stereocenters. The number of carbonyl (C=O) groups excluding carboxylic acids is 1. The van der Waals surface area contributed by atoms with Crippen LogP contribution in [0.1, 0.15) is 10.4 Å². The van der Waals surface area contributed by atoms with Gasteiger partial charge in [0.15, 0.2) is 5.82 Å². The lowest BCUT2D eigenvalue weighted by Gasteiger charge is -2.36. The number of piperazine rings is 1. The van der Waals surface area contributed by atoms with Crippen molar-refractivity contribution in [2.75, 3.05) is 62.3 Å². The van der Waals surface area contributed by atoms with Gasteiger partial charge in [-0.05, 0) is 46.9 Å². The van der Waals surface area contributed by atoms with Crippen LogP contribution < -0.4 is 9.80 Å². The lowest BCUT2D eigenvalue weighted by Crippen LogP contribution is -2.49. The Morgan fingerprint density at radius 3 is 2.37 bits per heavy atom. The van der Waals surface area contributed by atoms with E-state index in [1.54, 1.807) is 0 Å². The molecule has 3 heterocycles. The first-order valence-corrected chi connectivity index (χ1v) is 10.2. The van der Waals surface area contributed by atoms with Gasteiger partial charge in [-0.2, -0.15) is 5.10 Å². The molecular formula is C19H22IN5O2. The number of nitrogens with zero attached hydrogens (tertiary/aromatic N) is 5. The molecular weight excluding hydrogens is 457 g/mol. The summed E-state index contributed by atoms with van der Waals surface area (Å²) in [4.78, 5) is 19.1. The summed E-state index contributed by atoms with van der Waals surface area (Å²) in [7, 11) is 0. The van der Waals surface area contributed by atoms with Gasteiger partial charge in [-0.1, -0.05) is 0 Å². The molecule has 2 fully saturated rings. The summed E-state index contributed by atoms with van der Waals surface area (Å²) in [6.07, 6.45) is 1.81. The molecule has 2 aromatic rings. The van der Waals surface area contributed by atoms with E-state index in [0.29, 0.717) is 13.1 Å². The number of rotatable bonds is 3. The maximum absolute atomic E-state index is 12.7. The zero-order valence-electron chi connectivity index (χ0n) is 15.1.